The van der Waals surface area contributed by atoms with E-state index in [9.17, 15) is 19.5 Å². The summed E-state index contributed by atoms with van der Waals surface area (Å²) >= 11 is 3.29. The van der Waals surface area contributed by atoms with Crippen molar-refractivity contribution in [3.8, 4) is 0 Å². The Bertz CT molecular complexity index is 859. The van der Waals surface area contributed by atoms with Crippen LogP contribution in [-0.2, 0) is 9.59 Å². The molecule has 2 aromatic rings. The van der Waals surface area contributed by atoms with Gasteiger partial charge in [-0.3, -0.25) is 9.59 Å². The Hall–Kier alpha value is -2.87. The third-order valence-electron chi connectivity index (χ3n) is 3.66. The van der Waals surface area contributed by atoms with Crippen LogP contribution < -0.4 is 10.6 Å². The third kappa shape index (κ3) is 5.55. The molecule has 1 aromatic heterocycles. The Kier molecular flexibility index (Phi) is 6.95. The summed E-state index contributed by atoms with van der Waals surface area (Å²) in [6, 6.07) is 8.88. The predicted octanol–water partition coefficient (Wildman–Crippen LogP) is 3.04. The molecule has 1 unspecified atom stereocenters. The van der Waals surface area contributed by atoms with Gasteiger partial charge in [-0.15, -0.1) is 0 Å². The molecular weight excluding hydrogens is 416 g/mol. The van der Waals surface area contributed by atoms with Crippen molar-refractivity contribution < 1.29 is 23.9 Å². The maximum absolute atomic E-state index is 12.6. The Morgan fingerprint density at radius 2 is 1.85 bits per heavy atom. The molecule has 1 heterocycles. The number of carboxylic acids is 1. The van der Waals surface area contributed by atoms with Crippen LogP contribution in [0.25, 0.3) is 6.08 Å². The number of halogens is 1. The molecule has 8 heteroatoms. The zero-order valence-corrected chi connectivity index (χ0v) is 16.3. The molecule has 142 valence electrons. The van der Waals surface area contributed by atoms with Crippen molar-refractivity contribution in [3.63, 3.8) is 0 Å². The van der Waals surface area contributed by atoms with Crippen LogP contribution in [0.15, 0.2) is 57.2 Å². The number of furan rings is 1. The Labute approximate surface area is 164 Å². The van der Waals surface area contributed by atoms with Crippen molar-refractivity contribution in [1.29, 1.82) is 0 Å². The monoisotopic (exact) mass is 434 g/mol. The molecule has 0 aliphatic carbocycles. The zero-order valence-electron chi connectivity index (χ0n) is 14.7. The first-order chi connectivity index (χ1) is 12.8. The Morgan fingerprint density at radius 3 is 2.41 bits per heavy atom. The van der Waals surface area contributed by atoms with Gasteiger partial charge in [0.15, 0.2) is 0 Å². The lowest BCUT2D eigenvalue weighted by atomic mass is 10.0. The minimum atomic E-state index is -1.16. The van der Waals surface area contributed by atoms with Crippen molar-refractivity contribution in [2.45, 2.75) is 19.9 Å². The van der Waals surface area contributed by atoms with E-state index >= 15 is 0 Å². The van der Waals surface area contributed by atoms with Crippen LogP contribution >= 0.6 is 15.9 Å². The Balaban J connectivity index is 2.29. The van der Waals surface area contributed by atoms with E-state index in [1.54, 1.807) is 50.2 Å². The van der Waals surface area contributed by atoms with Crippen LogP contribution in [-0.4, -0.2) is 28.9 Å². The molecule has 1 aromatic carbocycles. The third-order valence-corrected chi connectivity index (χ3v) is 4.35. The highest BCUT2D eigenvalue weighted by Gasteiger charge is 2.26. The van der Waals surface area contributed by atoms with E-state index in [1.807, 2.05) is 0 Å². The first kappa shape index (κ1) is 20.4. The summed E-state index contributed by atoms with van der Waals surface area (Å²) in [5.41, 5.74) is 0.201. The number of benzene rings is 1. The fraction of sp³-hybridized carbons (Fsp3) is 0.211. The summed E-state index contributed by atoms with van der Waals surface area (Å²) in [5.74, 6) is -2.41. The van der Waals surface area contributed by atoms with Gasteiger partial charge in [-0.1, -0.05) is 26.0 Å². The Morgan fingerprint density at radius 1 is 1.15 bits per heavy atom. The van der Waals surface area contributed by atoms with Gasteiger partial charge in [0.1, 0.15) is 17.5 Å². The second kappa shape index (κ2) is 9.18. The smallest absolute Gasteiger partial charge is 0.326 e. The molecule has 7 nitrogen and oxygen atoms in total. The quantitative estimate of drug-likeness (QED) is 0.580. The minimum absolute atomic E-state index is 0.127. The number of carbonyl (C=O) groups is 3. The predicted molar refractivity (Wildman–Crippen MR) is 103 cm³/mol. The molecule has 0 bridgehead atoms. The fourth-order valence-electron chi connectivity index (χ4n) is 2.24. The molecule has 0 radical (unpaired) electrons. The van der Waals surface area contributed by atoms with E-state index in [-0.39, 0.29) is 11.6 Å². The molecule has 0 saturated heterocycles. The lowest BCUT2D eigenvalue weighted by Gasteiger charge is -2.19. The van der Waals surface area contributed by atoms with Gasteiger partial charge in [0.2, 0.25) is 0 Å². The van der Waals surface area contributed by atoms with Gasteiger partial charge in [0.05, 0.1) is 11.8 Å². The number of carboxylic acid groups (broad SMARTS) is 1. The topological polar surface area (TPSA) is 109 Å². The highest BCUT2D eigenvalue weighted by Crippen LogP contribution is 2.16. The number of nitrogens with one attached hydrogen (secondary N) is 2. The van der Waals surface area contributed by atoms with Gasteiger partial charge in [0.25, 0.3) is 11.8 Å². The summed E-state index contributed by atoms with van der Waals surface area (Å²) in [6.45, 7) is 3.35. The van der Waals surface area contributed by atoms with E-state index in [0.717, 1.165) is 0 Å². The molecule has 27 heavy (non-hydrogen) atoms. The second-order valence-electron chi connectivity index (χ2n) is 6.04. The fourth-order valence-corrected chi connectivity index (χ4v) is 2.71. The average molecular weight is 435 g/mol. The molecule has 0 aliphatic rings. The first-order valence-electron chi connectivity index (χ1n) is 8.14. The maximum Gasteiger partial charge on any atom is 0.326 e. The molecule has 1 atom stereocenters. The van der Waals surface area contributed by atoms with Crippen molar-refractivity contribution in [1.82, 2.24) is 10.6 Å². The number of hydrogen-bond acceptors (Lipinski definition) is 4. The van der Waals surface area contributed by atoms with Crippen LogP contribution in [0.4, 0.5) is 0 Å². The van der Waals surface area contributed by atoms with E-state index in [1.165, 1.54) is 12.3 Å². The summed E-state index contributed by atoms with van der Waals surface area (Å²) in [4.78, 5) is 36.5. The standard InChI is InChI=1S/C19H19BrN2O5/c1-11(2)16(19(25)26)22-18(24)15(10-12-6-5-9-27-12)21-17(23)13-7-3-4-8-14(13)20/h3-11,16H,1-2H3,(H,21,23)(H,22,24)(H,25,26)/b15-10+. The molecule has 2 rings (SSSR count). The molecule has 3 N–H and O–H groups in total. The van der Waals surface area contributed by atoms with Crippen molar-refractivity contribution >= 4 is 39.8 Å². The van der Waals surface area contributed by atoms with Crippen molar-refractivity contribution in [3.05, 3.63) is 64.2 Å². The van der Waals surface area contributed by atoms with E-state index in [2.05, 4.69) is 26.6 Å². The minimum Gasteiger partial charge on any atom is -0.480 e. The number of amides is 2. The molecule has 0 fully saturated rings. The van der Waals surface area contributed by atoms with Gasteiger partial charge in [0, 0.05) is 10.5 Å². The largest absolute Gasteiger partial charge is 0.480 e. The number of carbonyl (C=O) groups excluding carboxylic acids is 2. The molecular formula is C19H19BrN2O5. The van der Waals surface area contributed by atoms with Crippen LogP contribution in [0.3, 0.4) is 0 Å². The summed E-state index contributed by atoms with van der Waals surface area (Å²) < 4.78 is 5.75. The zero-order chi connectivity index (χ0) is 20.0. The molecule has 0 spiro atoms. The molecule has 2 amide bonds. The van der Waals surface area contributed by atoms with Gasteiger partial charge < -0.3 is 20.2 Å². The number of aliphatic carboxylic acids is 1. The SMILES string of the molecule is CC(C)C(NC(=O)/C(=C\c1ccco1)NC(=O)c1ccccc1Br)C(=O)O. The lowest BCUT2D eigenvalue weighted by molar-refractivity contribution is -0.142. The normalized spacial score (nSPS) is 12.5. The molecule has 0 aliphatic heterocycles. The lowest BCUT2D eigenvalue weighted by Crippen LogP contribution is -2.47. The van der Waals surface area contributed by atoms with Crippen LogP contribution in [0.1, 0.15) is 30.0 Å². The highest BCUT2D eigenvalue weighted by molar-refractivity contribution is 9.10. The van der Waals surface area contributed by atoms with E-state index in [4.69, 9.17) is 4.42 Å². The van der Waals surface area contributed by atoms with Gasteiger partial charge in [-0.05, 0) is 46.1 Å². The number of rotatable bonds is 7. The second-order valence-corrected chi connectivity index (χ2v) is 6.90. The van der Waals surface area contributed by atoms with Crippen molar-refractivity contribution in [2.24, 2.45) is 5.92 Å². The van der Waals surface area contributed by atoms with Crippen LogP contribution in [0.2, 0.25) is 0 Å². The van der Waals surface area contributed by atoms with E-state index < -0.39 is 23.8 Å². The number of hydrogen-bond donors (Lipinski definition) is 3. The maximum atomic E-state index is 12.6. The van der Waals surface area contributed by atoms with Crippen LogP contribution in [0.5, 0.6) is 0 Å². The first-order valence-corrected chi connectivity index (χ1v) is 8.93. The summed E-state index contributed by atoms with van der Waals surface area (Å²) in [5, 5.41) is 14.2. The average Bonchev–Trinajstić information content (AvgIpc) is 3.11. The van der Waals surface area contributed by atoms with Gasteiger partial charge >= 0.3 is 5.97 Å². The highest BCUT2D eigenvalue weighted by atomic mass is 79.9. The van der Waals surface area contributed by atoms with Crippen LogP contribution in [0, 0.1) is 5.92 Å². The van der Waals surface area contributed by atoms with Gasteiger partial charge in [-0.25, -0.2) is 4.79 Å². The summed E-state index contributed by atoms with van der Waals surface area (Å²) in [6.07, 6.45) is 2.76. The molecule has 0 saturated carbocycles. The van der Waals surface area contributed by atoms with E-state index in [0.29, 0.717) is 15.8 Å². The van der Waals surface area contributed by atoms with Gasteiger partial charge in [-0.2, -0.15) is 0 Å². The van der Waals surface area contributed by atoms with Crippen molar-refractivity contribution in [2.75, 3.05) is 0 Å². The summed E-state index contributed by atoms with van der Waals surface area (Å²) in [7, 11) is 0.